The molecule has 0 amide bonds. The highest BCUT2D eigenvalue weighted by Gasteiger charge is 2.21. The quantitative estimate of drug-likeness (QED) is 0.652. The molecule has 1 atom stereocenters. The molecule has 1 aromatic heterocycles. The van der Waals surface area contributed by atoms with Crippen LogP contribution in [-0.4, -0.2) is 9.97 Å². The third-order valence-corrected chi connectivity index (χ3v) is 3.92. The summed E-state index contributed by atoms with van der Waals surface area (Å²) in [5, 5.41) is 3.25. The van der Waals surface area contributed by atoms with Crippen molar-refractivity contribution in [2.24, 2.45) is 0 Å². The number of ether oxygens (including phenoxy) is 1. The molecule has 0 aliphatic rings. The summed E-state index contributed by atoms with van der Waals surface area (Å²) in [7, 11) is 0. The van der Waals surface area contributed by atoms with E-state index in [1.54, 1.807) is 36.8 Å². The number of imidazole rings is 1. The van der Waals surface area contributed by atoms with Crippen LogP contribution in [-0.2, 0) is 6.54 Å². The molecule has 0 aliphatic heterocycles. The molecular formula is C19H19F2N3O. The van der Waals surface area contributed by atoms with Crippen LogP contribution >= 0.6 is 0 Å². The molecule has 0 saturated heterocycles. The van der Waals surface area contributed by atoms with Crippen molar-refractivity contribution in [3.05, 3.63) is 77.9 Å². The van der Waals surface area contributed by atoms with Gasteiger partial charge in [0.2, 0.25) is 0 Å². The van der Waals surface area contributed by atoms with Crippen molar-refractivity contribution in [2.75, 3.05) is 0 Å². The Labute approximate surface area is 144 Å². The van der Waals surface area contributed by atoms with Gasteiger partial charge < -0.3 is 15.0 Å². The molecule has 4 nitrogen and oxygen atoms in total. The smallest absolute Gasteiger partial charge is 0.198 e. The molecular weight excluding hydrogens is 324 g/mol. The molecule has 6 heteroatoms. The Balaban J connectivity index is 1.83. The average molecular weight is 343 g/mol. The lowest BCUT2D eigenvalue weighted by Gasteiger charge is -2.19. The van der Waals surface area contributed by atoms with Crippen molar-refractivity contribution >= 4 is 0 Å². The van der Waals surface area contributed by atoms with Crippen LogP contribution in [0.1, 0.15) is 30.6 Å². The van der Waals surface area contributed by atoms with E-state index in [1.165, 1.54) is 12.1 Å². The van der Waals surface area contributed by atoms with E-state index in [9.17, 15) is 8.78 Å². The minimum absolute atomic E-state index is 0.276. The first-order chi connectivity index (χ1) is 12.2. The summed E-state index contributed by atoms with van der Waals surface area (Å²) >= 11 is 0. The topological polar surface area (TPSA) is 49.9 Å². The Kier molecular flexibility index (Phi) is 5.40. The van der Waals surface area contributed by atoms with Crippen molar-refractivity contribution in [1.82, 2.24) is 15.3 Å². The maximum Gasteiger partial charge on any atom is 0.198 e. The van der Waals surface area contributed by atoms with Gasteiger partial charge in [-0.3, -0.25) is 0 Å². The van der Waals surface area contributed by atoms with Gasteiger partial charge in [0.25, 0.3) is 0 Å². The van der Waals surface area contributed by atoms with Crippen LogP contribution < -0.4 is 10.1 Å². The van der Waals surface area contributed by atoms with Crippen LogP contribution in [0.3, 0.4) is 0 Å². The van der Waals surface area contributed by atoms with E-state index >= 15 is 0 Å². The molecule has 0 saturated carbocycles. The third kappa shape index (κ3) is 4.03. The molecule has 25 heavy (non-hydrogen) atoms. The van der Waals surface area contributed by atoms with Crippen molar-refractivity contribution in [3.63, 3.8) is 0 Å². The standard InChI is InChI=1S/C19H19F2N3O/c1-2-17(23-11-13-10-22-12-24-13)15-8-9-16(20)19(18(15)21)25-14-6-4-3-5-7-14/h3-10,12,17,23H,2,11H2,1H3,(H,22,24). The summed E-state index contributed by atoms with van der Waals surface area (Å²) in [4.78, 5) is 6.93. The number of nitrogens with zero attached hydrogens (tertiary/aromatic N) is 1. The van der Waals surface area contributed by atoms with Gasteiger partial charge in [-0.15, -0.1) is 0 Å². The summed E-state index contributed by atoms with van der Waals surface area (Å²) in [5.74, 6) is -1.41. The fourth-order valence-electron chi connectivity index (χ4n) is 2.61. The second-order valence-corrected chi connectivity index (χ2v) is 5.61. The molecule has 1 heterocycles. The first kappa shape index (κ1) is 17.1. The minimum atomic E-state index is -0.728. The highest BCUT2D eigenvalue weighted by molar-refractivity contribution is 5.38. The second-order valence-electron chi connectivity index (χ2n) is 5.61. The number of aromatic nitrogens is 2. The Morgan fingerprint density at radius 2 is 1.96 bits per heavy atom. The lowest BCUT2D eigenvalue weighted by Crippen LogP contribution is -2.21. The van der Waals surface area contributed by atoms with Gasteiger partial charge in [0, 0.05) is 30.0 Å². The van der Waals surface area contributed by atoms with Gasteiger partial charge in [-0.1, -0.05) is 31.2 Å². The molecule has 0 aliphatic carbocycles. The molecule has 130 valence electrons. The van der Waals surface area contributed by atoms with Crippen LogP contribution in [0.4, 0.5) is 8.78 Å². The van der Waals surface area contributed by atoms with Crippen LogP contribution in [0.2, 0.25) is 0 Å². The van der Waals surface area contributed by atoms with Crippen molar-refractivity contribution < 1.29 is 13.5 Å². The molecule has 1 unspecified atom stereocenters. The summed E-state index contributed by atoms with van der Waals surface area (Å²) in [6, 6.07) is 11.0. The number of H-pyrrole nitrogens is 1. The van der Waals surface area contributed by atoms with E-state index < -0.39 is 11.6 Å². The zero-order valence-corrected chi connectivity index (χ0v) is 13.8. The normalized spacial score (nSPS) is 12.1. The fraction of sp³-hybridized carbons (Fsp3) is 0.211. The van der Waals surface area contributed by atoms with Gasteiger partial charge in [0.15, 0.2) is 17.4 Å². The average Bonchev–Trinajstić information content (AvgIpc) is 3.15. The van der Waals surface area contributed by atoms with E-state index in [1.807, 2.05) is 13.0 Å². The Bertz CT molecular complexity index is 807. The predicted molar refractivity (Wildman–Crippen MR) is 91.3 cm³/mol. The van der Waals surface area contributed by atoms with Crippen LogP contribution in [0.15, 0.2) is 55.0 Å². The summed E-state index contributed by atoms with van der Waals surface area (Å²) in [6.45, 7) is 2.44. The highest BCUT2D eigenvalue weighted by atomic mass is 19.1. The number of rotatable bonds is 7. The lowest BCUT2D eigenvalue weighted by atomic mass is 10.0. The van der Waals surface area contributed by atoms with E-state index in [2.05, 4.69) is 15.3 Å². The fourth-order valence-corrected chi connectivity index (χ4v) is 2.61. The highest BCUT2D eigenvalue weighted by Crippen LogP contribution is 2.32. The summed E-state index contributed by atoms with van der Waals surface area (Å²) < 4.78 is 34.4. The lowest BCUT2D eigenvalue weighted by molar-refractivity contribution is 0.394. The largest absolute Gasteiger partial charge is 0.451 e. The monoisotopic (exact) mass is 343 g/mol. The summed E-state index contributed by atoms with van der Waals surface area (Å²) in [5.41, 5.74) is 1.26. The number of hydrogen-bond acceptors (Lipinski definition) is 3. The van der Waals surface area contributed by atoms with E-state index in [-0.39, 0.29) is 11.8 Å². The molecule has 0 fully saturated rings. The predicted octanol–water partition coefficient (Wildman–Crippen LogP) is 4.72. The molecule has 2 aromatic carbocycles. The molecule has 3 rings (SSSR count). The number of nitrogens with one attached hydrogen (secondary N) is 2. The Hall–Kier alpha value is -2.73. The van der Waals surface area contributed by atoms with E-state index in [4.69, 9.17) is 4.74 Å². The van der Waals surface area contributed by atoms with E-state index in [0.717, 1.165) is 5.69 Å². The maximum absolute atomic E-state index is 14.9. The number of hydrogen-bond donors (Lipinski definition) is 2. The first-order valence-electron chi connectivity index (χ1n) is 8.10. The molecule has 3 aromatic rings. The van der Waals surface area contributed by atoms with Crippen molar-refractivity contribution in [2.45, 2.75) is 25.9 Å². The van der Waals surface area contributed by atoms with Crippen LogP contribution in [0.5, 0.6) is 11.5 Å². The van der Waals surface area contributed by atoms with Gasteiger partial charge in [-0.05, 0) is 24.6 Å². The van der Waals surface area contributed by atoms with Gasteiger partial charge in [0.1, 0.15) is 5.75 Å². The van der Waals surface area contributed by atoms with Crippen molar-refractivity contribution in [1.29, 1.82) is 0 Å². The van der Waals surface area contributed by atoms with Gasteiger partial charge in [0.05, 0.1) is 6.33 Å². The number of para-hydroxylation sites is 1. The molecule has 0 radical (unpaired) electrons. The van der Waals surface area contributed by atoms with Gasteiger partial charge in [-0.25, -0.2) is 13.8 Å². The third-order valence-electron chi connectivity index (χ3n) is 3.92. The zero-order valence-electron chi connectivity index (χ0n) is 13.8. The van der Waals surface area contributed by atoms with E-state index in [0.29, 0.717) is 24.3 Å². The maximum atomic E-state index is 14.9. The minimum Gasteiger partial charge on any atom is -0.451 e. The molecule has 0 spiro atoms. The van der Waals surface area contributed by atoms with Gasteiger partial charge >= 0.3 is 0 Å². The number of halogens is 2. The zero-order chi connectivity index (χ0) is 17.6. The van der Waals surface area contributed by atoms with Crippen molar-refractivity contribution in [3.8, 4) is 11.5 Å². The SMILES string of the molecule is CCC(NCc1cnc[nH]1)c1ccc(F)c(Oc2ccccc2)c1F. The number of aromatic amines is 1. The molecule has 0 bridgehead atoms. The van der Waals surface area contributed by atoms with Crippen LogP contribution in [0, 0.1) is 11.6 Å². The second kappa shape index (κ2) is 7.90. The van der Waals surface area contributed by atoms with Gasteiger partial charge in [-0.2, -0.15) is 0 Å². The van der Waals surface area contributed by atoms with Crippen LogP contribution in [0.25, 0.3) is 0 Å². The molecule has 2 N–H and O–H groups in total. The Morgan fingerprint density at radius 3 is 2.64 bits per heavy atom. The summed E-state index contributed by atoms with van der Waals surface area (Å²) in [6.07, 6.45) is 3.92. The Morgan fingerprint density at radius 1 is 1.16 bits per heavy atom. The number of benzene rings is 2. The first-order valence-corrected chi connectivity index (χ1v) is 8.10.